The molecule has 2 N–H and O–H groups in total. The maximum absolute atomic E-state index is 11.9. The molecule has 0 spiro atoms. The molecule has 0 radical (unpaired) electrons. The molecular weight excluding hydrogens is 294 g/mol. The topological polar surface area (TPSA) is 116 Å². The summed E-state index contributed by atoms with van der Waals surface area (Å²) in [4.78, 5) is 14.2. The highest BCUT2D eigenvalue weighted by Crippen LogP contribution is 2.37. The standard InChI is InChI=1S/C13H13N3O4S/c1-8-10(9-6-4-3-5-7-9)13(21(2,19)20)15-12(14)11(8)16(17)18/h3-7H,1-2H3,(H2,14,15). The van der Waals surface area contributed by atoms with Gasteiger partial charge >= 0.3 is 5.69 Å². The van der Waals surface area contributed by atoms with Crippen LogP contribution in [0.2, 0.25) is 0 Å². The number of hydrogen-bond acceptors (Lipinski definition) is 6. The number of pyridine rings is 1. The van der Waals surface area contributed by atoms with Crippen LogP contribution in [0.3, 0.4) is 0 Å². The second-order valence-corrected chi connectivity index (χ2v) is 6.48. The first-order valence-corrected chi connectivity index (χ1v) is 7.82. The Bertz CT molecular complexity index is 817. The van der Waals surface area contributed by atoms with E-state index in [4.69, 9.17) is 5.73 Å². The summed E-state index contributed by atoms with van der Waals surface area (Å²) in [5.74, 6) is -0.405. The highest BCUT2D eigenvalue weighted by atomic mass is 32.2. The number of rotatable bonds is 3. The van der Waals surface area contributed by atoms with Gasteiger partial charge in [-0.25, -0.2) is 13.4 Å². The van der Waals surface area contributed by atoms with Gasteiger partial charge in [0.15, 0.2) is 14.9 Å². The summed E-state index contributed by atoms with van der Waals surface area (Å²) in [6.45, 7) is 1.47. The van der Waals surface area contributed by atoms with Gasteiger partial charge in [0.1, 0.15) is 0 Å². The molecule has 1 heterocycles. The highest BCUT2D eigenvalue weighted by Gasteiger charge is 2.28. The summed E-state index contributed by atoms with van der Waals surface area (Å²) in [5.41, 5.74) is 6.10. The van der Waals surface area contributed by atoms with Gasteiger partial charge in [0.25, 0.3) is 0 Å². The average Bonchev–Trinajstić information content (AvgIpc) is 2.37. The normalized spacial score (nSPS) is 11.3. The molecule has 2 rings (SSSR count). The van der Waals surface area contributed by atoms with Crippen molar-refractivity contribution in [1.29, 1.82) is 0 Å². The molecule has 7 nitrogen and oxygen atoms in total. The Hall–Kier alpha value is -2.48. The number of anilines is 1. The van der Waals surface area contributed by atoms with E-state index in [1.165, 1.54) is 6.92 Å². The lowest BCUT2D eigenvalue weighted by atomic mass is 10.0. The molecule has 0 bridgehead atoms. The van der Waals surface area contributed by atoms with Crippen LogP contribution in [-0.2, 0) is 9.84 Å². The van der Waals surface area contributed by atoms with Crippen LogP contribution in [0, 0.1) is 17.0 Å². The Labute approximate surface area is 121 Å². The van der Waals surface area contributed by atoms with Crippen molar-refractivity contribution >= 4 is 21.3 Å². The van der Waals surface area contributed by atoms with Gasteiger partial charge in [-0.15, -0.1) is 0 Å². The van der Waals surface area contributed by atoms with Crippen molar-refractivity contribution in [3.05, 3.63) is 46.0 Å². The van der Waals surface area contributed by atoms with Gasteiger partial charge in [0.2, 0.25) is 5.82 Å². The molecule has 0 atom stereocenters. The summed E-state index contributed by atoms with van der Waals surface area (Å²) in [7, 11) is -3.68. The molecule has 21 heavy (non-hydrogen) atoms. The lowest BCUT2D eigenvalue weighted by Crippen LogP contribution is -2.10. The fraction of sp³-hybridized carbons (Fsp3) is 0.154. The summed E-state index contributed by atoms with van der Waals surface area (Å²) in [5, 5.41) is 10.9. The first kappa shape index (κ1) is 14.9. The number of nitrogens with two attached hydrogens (primary N) is 1. The third-order valence-electron chi connectivity index (χ3n) is 3.00. The molecule has 0 aliphatic rings. The molecule has 0 unspecified atom stereocenters. The molecule has 0 saturated carbocycles. The zero-order valence-corrected chi connectivity index (χ0v) is 12.2. The van der Waals surface area contributed by atoms with Crippen molar-refractivity contribution in [2.45, 2.75) is 11.9 Å². The molecule has 0 aliphatic heterocycles. The zero-order chi connectivity index (χ0) is 15.8. The molecule has 1 aromatic carbocycles. The first-order chi connectivity index (χ1) is 9.73. The van der Waals surface area contributed by atoms with Crippen molar-refractivity contribution < 1.29 is 13.3 Å². The lowest BCUT2D eigenvalue weighted by Gasteiger charge is -2.12. The van der Waals surface area contributed by atoms with Crippen molar-refractivity contribution in [1.82, 2.24) is 4.98 Å². The fourth-order valence-corrected chi connectivity index (χ4v) is 3.04. The van der Waals surface area contributed by atoms with Crippen LogP contribution in [0.4, 0.5) is 11.5 Å². The van der Waals surface area contributed by atoms with Crippen molar-refractivity contribution in [2.75, 3.05) is 12.0 Å². The van der Waals surface area contributed by atoms with Crippen molar-refractivity contribution in [2.24, 2.45) is 0 Å². The van der Waals surface area contributed by atoms with Crippen LogP contribution in [-0.4, -0.2) is 24.6 Å². The smallest absolute Gasteiger partial charge is 0.314 e. The lowest BCUT2D eigenvalue weighted by molar-refractivity contribution is -0.384. The summed E-state index contributed by atoms with van der Waals surface area (Å²) < 4.78 is 23.8. The zero-order valence-electron chi connectivity index (χ0n) is 11.4. The predicted molar refractivity (Wildman–Crippen MR) is 78.6 cm³/mol. The van der Waals surface area contributed by atoms with E-state index >= 15 is 0 Å². The highest BCUT2D eigenvalue weighted by molar-refractivity contribution is 7.90. The molecule has 0 amide bonds. The number of nitrogens with zero attached hydrogens (tertiary/aromatic N) is 2. The third kappa shape index (κ3) is 2.70. The van der Waals surface area contributed by atoms with Crippen molar-refractivity contribution in [3.63, 3.8) is 0 Å². The first-order valence-electron chi connectivity index (χ1n) is 5.93. The van der Waals surface area contributed by atoms with E-state index in [0.29, 0.717) is 5.56 Å². The maximum atomic E-state index is 11.9. The summed E-state index contributed by atoms with van der Waals surface area (Å²) in [6, 6.07) is 8.52. The van der Waals surface area contributed by atoms with Crippen LogP contribution in [0.5, 0.6) is 0 Å². The monoisotopic (exact) mass is 307 g/mol. The van der Waals surface area contributed by atoms with Gasteiger partial charge in [-0.1, -0.05) is 30.3 Å². The number of hydrogen-bond donors (Lipinski definition) is 1. The van der Waals surface area contributed by atoms with E-state index in [2.05, 4.69) is 4.98 Å². The largest absolute Gasteiger partial charge is 0.378 e. The minimum absolute atomic E-state index is 0.180. The second-order valence-electron chi connectivity index (χ2n) is 4.55. The Morgan fingerprint density at radius 2 is 1.81 bits per heavy atom. The molecule has 2 aromatic rings. The molecule has 110 valence electrons. The molecule has 8 heteroatoms. The van der Waals surface area contributed by atoms with E-state index in [1.54, 1.807) is 30.3 Å². The van der Waals surface area contributed by atoms with Gasteiger partial charge < -0.3 is 5.73 Å². The molecule has 1 aromatic heterocycles. The Morgan fingerprint density at radius 1 is 1.24 bits per heavy atom. The SMILES string of the molecule is Cc1c(-c2ccccc2)c(S(C)(=O)=O)nc(N)c1[N+](=O)[O-]. The molecule has 0 fully saturated rings. The van der Waals surface area contributed by atoms with Gasteiger partial charge in [0, 0.05) is 17.4 Å². The van der Waals surface area contributed by atoms with E-state index in [9.17, 15) is 18.5 Å². The number of sulfone groups is 1. The quantitative estimate of drug-likeness (QED) is 0.684. The van der Waals surface area contributed by atoms with Crippen LogP contribution < -0.4 is 5.73 Å². The number of benzene rings is 1. The molecule has 0 aliphatic carbocycles. The van der Waals surface area contributed by atoms with Crippen LogP contribution in [0.1, 0.15) is 5.56 Å². The number of aromatic nitrogens is 1. The number of nitro groups is 1. The minimum atomic E-state index is -3.68. The van der Waals surface area contributed by atoms with E-state index in [-0.39, 0.29) is 21.8 Å². The van der Waals surface area contributed by atoms with Gasteiger partial charge in [-0.2, -0.15) is 0 Å². The molecule has 0 saturated heterocycles. The Morgan fingerprint density at radius 3 is 2.29 bits per heavy atom. The second kappa shape index (κ2) is 5.13. The molecular formula is C13H13N3O4S. The fourth-order valence-electron chi connectivity index (χ4n) is 2.13. The number of nitrogen functional groups attached to an aromatic ring is 1. The van der Waals surface area contributed by atoms with Gasteiger partial charge in [-0.3, -0.25) is 10.1 Å². The summed E-state index contributed by atoms with van der Waals surface area (Å²) >= 11 is 0. The van der Waals surface area contributed by atoms with E-state index in [1.807, 2.05) is 0 Å². The average molecular weight is 307 g/mol. The minimum Gasteiger partial charge on any atom is -0.378 e. The third-order valence-corrected chi connectivity index (χ3v) is 4.00. The Balaban J connectivity index is 2.95. The van der Waals surface area contributed by atoms with Gasteiger partial charge in [-0.05, 0) is 12.5 Å². The van der Waals surface area contributed by atoms with Crippen LogP contribution in [0.15, 0.2) is 35.4 Å². The predicted octanol–water partition coefficient (Wildman–Crippen LogP) is 1.95. The maximum Gasteiger partial charge on any atom is 0.314 e. The summed E-state index contributed by atoms with van der Waals surface area (Å²) in [6.07, 6.45) is 0.993. The van der Waals surface area contributed by atoms with E-state index in [0.717, 1.165) is 6.26 Å². The Kier molecular flexibility index (Phi) is 3.65. The van der Waals surface area contributed by atoms with Crippen molar-refractivity contribution in [3.8, 4) is 11.1 Å². The van der Waals surface area contributed by atoms with Crippen LogP contribution >= 0.6 is 0 Å². The van der Waals surface area contributed by atoms with E-state index < -0.39 is 20.6 Å². The van der Waals surface area contributed by atoms with Crippen LogP contribution in [0.25, 0.3) is 11.1 Å². The van der Waals surface area contributed by atoms with Gasteiger partial charge in [0.05, 0.1) is 4.92 Å².